The minimum atomic E-state index is -0.105. The van der Waals surface area contributed by atoms with E-state index in [0.29, 0.717) is 11.5 Å². The van der Waals surface area contributed by atoms with E-state index in [1.165, 1.54) is 11.1 Å². The summed E-state index contributed by atoms with van der Waals surface area (Å²) in [4.78, 5) is 18.4. The van der Waals surface area contributed by atoms with Gasteiger partial charge in [0.1, 0.15) is 11.9 Å². The molecule has 1 unspecified atom stereocenters. The van der Waals surface area contributed by atoms with Gasteiger partial charge in [-0.25, -0.2) is 0 Å². The lowest BCUT2D eigenvalue weighted by Crippen LogP contribution is -2.43. The molecule has 228 valence electrons. The van der Waals surface area contributed by atoms with Gasteiger partial charge < -0.3 is 19.7 Å². The van der Waals surface area contributed by atoms with Crippen LogP contribution in [-0.2, 0) is 4.74 Å². The average Bonchev–Trinajstić information content (AvgIpc) is 3.09. The van der Waals surface area contributed by atoms with E-state index in [2.05, 4.69) is 87.9 Å². The van der Waals surface area contributed by atoms with Crippen LogP contribution in [0.3, 0.4) is 0 Å². The van der Waals surface area contributed by atoms with Gasteiger partial charge >= 0.3 is 0 Å². The number of nitrogens with one attached hydrogen (secondary N) is 1. The second-order valence-corrected chi connectivity index (χ2v) is 11.9. The smallest absolute Gasteiger partial charge is 0.251 e. The van der Waals surface area contributed by atoms with Gasteiger partial charge in [-0.15, -0.1) is 0 Å². The highest BCUT2D eigenvalue weighted by atomic mass is 16.5. The molecule has 0 bridgehead atoms. The maximum absolute atomic E-state index is 13.5. The lowest BCUT2D eigenvalue weighted by atomic mass is 9.90. The number of likely N-dealkylation sites (tertiary alicyclic amines) is 1. The van der Waals surface area contributed by atoms with Gasteiger partial charge in [0.25, 0.3) is 5.91 Å². The number of hydrogen-bond acceptors (Lipinski definition) is 5. The third-order valence-electron chi connectivity index (χ3n) is 8.83. The van der Waals surface area contributed by atoms with Crippen molar-refractivity contribution in [2.75, 3.05) is 52.5 Å². The van der Waals surface area contributed by atoms with Crippen LogP contribution in [0.15, 0.2) is 115 Å². The molecule has 2 fully saturated rings. The Kier molecular flexibility index (Phi) is 10.4. The van der Waals surface area contributed by atoms with E-state index in [1.54, 1.807) is 0 Å². The van der Waals surface area contributed by atoms with Crippen LogP contribution >= 0.6 is 0 Å². The maximum Gasteiger partial charge on any atom is 0.251 e. The van der Waals surface area contributed by atoms with Crippen molar-refractivity contribution in [1.82, 2.24) is 15.1 Å². The van der Waals surface area contributed by atoms with Gasteiger partial charge in [-0.1, -0.05) is 97.1 Å². The summed E-state index contributed by atoms with van der Waals surface area (Å²) in [6.45, 7) is 6.93. The number of morpholine rings is 1. The van der Waals surface area contributed by atoms with Crippen LogP contribution in [0.4, 0.5) is 0 Å². The Balaban J connectivity index is 1.05. The molecule has 0 spiro atoms. The minimum absolute atomic E-state index is 0.0831. The summed E-state index contributed by atoms with van der Waals surface area (Å²) in [5.74, 6) is 1.01. The number of rotatable bonds is 11. The zero-order valence-electron chi connectivity index (χ0n) is 25.4. The van der Waals surface area contributed by atoms with E-state index in [0.717, 1.165) is 76.6 Å². The van der Waals surface area contributed by atoms with Crippen LogP contribution in [0.5, 0.6) is 5.75 Å². The predicted octanol–water partition coefficient (Wildman–Crippen LogP) is 6.17. The molecule has 0 radical (unpaired) electrons. The third-order valence-corrected chi connectivity index (χ3v) is 8.83. The van der Waals surface area contributed by atoms with Gasteiger partial charge in [-0.3, -0.25) is 9.69 Å². The molecule has 1 N–H and O–H groups in total. The van der Waals surface area contributed by atoms with Gasteiger partial charge in [0.2, 0.25) is 0 Å². The Bertz CT molecular complexity index is 1400. The molecule has 2 heterocycles. The number of nitrogens with zero attached hydrogens (tertiary/aromatic N) is 2. The number of ether oxygens (including phenoxy) is 2. The highest BCUT2D eigenvalue weighted by Crippen LogP contribution is 2.28. The Hall–Kier alpha value is -3.97. The molecule has 2 saturated heterocycles. The molecule has 2 aliphatic heterocycles. The van der Waals surface area contributed by atoms with Crippen molar-refractivity contribution in [3.8, 4) is 5.75 Å². The highest BCUT2D eigenvalue weighted by Gasteiger charge is 2.25. The summed E-state index contributed by atoms with van der Waals surface area (Å²) in [5, 5.41) is 3.30. The van der Waals surface area contributed by atoms with Gasteiger partial charge in [0.05, 0.1) is 19.3 Å². The van der Waals surface area contributed by atoms with Crippen molar-refractivity contribution in [3.05, 3.63) is 138 Å². The van der Waals surface area contributed by atoms with Crippen molar-refractivity contribution < 1.29 is 14.3 Å². The van der Waals surface area contributed by atoms with Crippen LogP contribution in [-0.4, -0.2) is 74.3 Å². The molecule has 44 heavy (non-hydrogen) atoms. The first kappa shape index (κ1) is 30.1. The zero-order valence-corrected chi connectivity index (χ0v) is 25.4. The van der Waals surface area contributed by atoms with E-state index in [1.807, 2.05) is 42.5 Å². The zero-order chi connectivity index (χ0) is 30.0. The lowest BCUT2D eigenvalue weighted by Gasteiger charge is -2.34. The first-order valence-electron chi connectivity index (χ1n) is 16.0. The molecule has 2 aliphatic rings. The second kappa shape index (κ2) is 15.2. The van der Waals surface area contributed by atoms with Crippen LogP contribution in [0.1, 0.15) is 51.8 Å². The number of carbonyl (C=O) groups excluding carboxylic acids is 1. The van der Waals surface area contributed by atoms with Gasteiger partial charge in [-0.2, -0.15) is 0 Å². The standard InChI is InChI=1S/C38H43N3O3/c42-38(39-37(32-15-8-3-9-16-32)29-41-23-25-43-26-24-41)33-17-10-18-35(27-33)44-34-19-21-40(22-20-34)28-36(30-11-4-1-5-12-30)31-13-6-2-7-14-31/h1-18,27,34,36-37H,19-26,28-29H2,(H,39,42). The van der Waals surface area contributed by atoms with Crippen LogP contribution in [0.25, 0.3) is 0 Å². The monoisotopic (exact) mass is 589 g/mol. The van der Waals surface area contributed by atoms with E-state index >= 15 is 0 Å². The molecule has 1 amide bonds. The molecule has 0 aliphatic carbocycles. The number of amides is 1. The molecule has 6 rings (SSSR count). The number of carbonyl (C=O) groups is 1. The number of piperidine rings is 1. The van der Waals surface area contributed by atoms with Gasteiger partial charge in [0, 0.05) is 50.7 Å². The molecule has 4 aromatic rings. The summed E-state index contributed by atoms with van der Waals surface area (Å²) < 4.78 is 12.0. The van der Waals surface area contributed by atoms with Crippen molar-refractivity contribution in [2.45, 2.75) is 30.9 Å². The summed E-state index contributed by atoms with van der Waals surface area (Å²) in [7, 11) is 0. The van der Waals surface area contributed by atoms with E-state index in [4.69, 9.17) is 9.47 Å². The van der Waals surface area contributed by atoms with Crippen LogP contribution < -0.4 is 10.1 Å². The Morgan fingerprint density at radius 1 is 0.705 bits per heavy atom. The van der Waals surface area contributed by atoms with Crippen molar-refractivity contribution in [1.29, 1.82) is 0 Å². The summed E-state index contributed by atoms with van der Waals surface area (Å²) in [6.07, 6.45) is 2.06. The Morgan fingerprint density at radius 2 is 1.27 bits per heavy atom. The van der Waals surface area contributed by atoms with E-state index in [9.17, 15) is 4.79 Å². The summed E-state index contributed by atoms with van der Waals surface area (Å²) in [6, 6.07) is 39.4. The minimum Gasteiger partial charge on any atom is -0.490 e. The first-order chi connectivity index (χ1) is 21.7. The molecular formula is C38H43N3O3. The predicted molar refractivity (Wildman–Crippen MR) is 175 cm³/mol. The van der Waals surface area contributed by atoms with Gasteiger partial charge in [-0.05, 0) is 47.7 Å². The molecule has 6 heteroatoms. The van der Waals surface area contributed by atoms with Gasteiger partial charge in [0.15, 0.2) is 0 Å². The molecule has 0 aromatic heterocycles. The largest absolute Gasteiger partial charge is 0.490 e. The SMILES string of the molecule is O=C(NC(CN1CCOCC1)c1ccccc1)c1cccc(OC2CCN(CC(c3ccccc3)c3ccccc3)CC2)c1. The van der Waals surface area contributed by atoms with Crippen molar-refractivity contribution >= 4 is 5.91 Å². The quantitative estimate of drug-likeness (QED) is 0.227. The highest BCUT2D eigenvalue weighted by molar-refractivity contribution is 5.94. The summed E-state index contributed by atoms with van der Waals surface area (Å²) in [5.41, 5.74) is 4.43. The Morgan fingerprint density at radius 3 is 1.89 bits per heavy atom. The number of hydrogen-bond donors (Lipinski definition) is 1. The topological polar surface area (TPSA) is 54.0 Å². The lowest BCUT2D eigenvalue weighted by molar-refractivity contribution is 0.0332. The maximum atomic E-state index is 13.5. The fourth-order valence-electron chi connectivity index (χ4n) is 6.35. The normalized spacial score (nSPS) is 17.3. The Labute approximate surface area is 261 Å². The van der Waals surface area contributed by atoms with E-state index < -0.39 is 0 Å². The molecule has 4 aromatic carbocycles. The molecule has 0 saturated carbocycles. The second-order valence-electron chi connectivity index (χ2n) is 11.9. The fourth-order valence-corrected chi connectivity index (χ4v) is 6.35. The first-order valence-corrected chi connectivity index (χ1v) is 16.0. The molecular weight excluding hydrogens is 546 g/mol. The van der Waals surface area contributed by atoms with Crippen molar-refractivity contribution in [3.63, 3.8) is 0 Å². The number of benzene rings is 4. The molecule has 1 atom stereocenters. The average molecular weight is 590 g/mol. The fraction of sp³-hybridized carbons (Fsp3) is 0.342. The summed E-state index contributed by atoms with van der Waals surface area (Å²) >= 11 is 0. The van der Waals surface area contributed by atoms with Crippen LogP contribution in [0, 0.1) is 0 Å². The van der Waals surface area contributed by atoms with Crippen LogP contribution in [0.2, 0.25) is 0 Å². The third kappa shape index (κ3) is 8.14. The van der Waals surface area contributed by atoms with Crippen molar-refractivity contribution in [2.24, 2.45) is 0 Å². The molecule has 6 nitrogen and oxygen atoms in total. The van der Waals surface area contributed by atoms with E-state index in [-0.39, 0.29) is 18.1 Å².